The molecule has 24 heavy (non-hydrogen) atoms. The molecule has 0 radical (unpaired) electrons. The van der Waals surface area contributed by atoms with Crippen molar-refractivity contribution in [2.45, 2.75) is 32.7 Å². The number of nitrogens with one attached hydrogen (secondary N) is 1. The van der Waals surface area contributed by atoms with Gasteiger partial charge in [0.1, 0.15) is 0 Å². The number of amides is 1. The first-order valence-electron chi connectivity index (χ1n) is 8.14. The molecule has 6 heteroatoms. The van der Waals surface area contributed by atoms with Gasteiger partial charge in [0.15, 0.2) is 11.5 Å². The van der Waals surface area contributed by atoms with E-state index >= 15 is 0 Å². The molecule has 0 fully saturated rings. The van der Waals surface area contributed by atoms with E-state index in [1.165, 1.54) is 0 Å². The molecule has 1 amide bonds. The molecule has 1 atom stereocenters. The van der Waals surface area contributed by atoms with Gasteiger partial charge in [0.2, 0.25) is 5.91 Å². The van der Waals surface area contributed by atoms with E-state index in [-0.39, 0.29) is 17.9 Å². The van der Waals surface area contributed by atoms with Crippen molar-refractivity contribution in [2.75, 3.05) is 0 Å². The van der Waals surface area contributed by atoms with E-state index in [1.807, 2.05) is 47.0 Å². The summed E-state index contributed by atoms with van der Waals surface area (Å²) in [5.41, 5.74) is 1.70. The van der Waals surface area contributed by atoms with Gasteiger partial charge in [0.05, 0.1) is 6.04 Å². The number of pyridine rings is 2. The standard InChI is InChI=1S/C18H21N5O/c1-13(2)17(18-22-21-15-8-4-6-12-23(15)18)20-16(24)10-9-14-7-3-5-11-19-14/h3-8,11-13,17H,9-10H2,1-2H3,(H,20,24). The predicted octanol–water partition coefficient (Wildman–Crippen LogP) is 2.57. The van der Waals surface area contributed by atoms with E-state index in [4.69, 9.17) is 0 Å². The zero-order valence-electron chi connectivity index (χ0n) is 13.9. The molecule has 0 aromatic carbocycles. The third-order valence-corrected chi connectivity index (χ3v) is 3.94. The Hall–Kier alpha value is -2.76. The molecule has 0 saturated carbocycles. The minimum absolute atomic E-state index is 0.00738. The van der Waals surface area contributed by atoms with E-state index < -0.39 is 0 Å². The highest BCUT2D eigenvalue weighted by atomic mass is 16.1. The Morgan fingerprint density at radius 1 is 1.17 bits per heavy atom. The Kier molecular flexibility index (Phi) is 4.84. The van der Waals surface area contributed by atoms with Crippen LogP contribution in [0, 0.1) is 5.92 Å². The summed E-state index contributed by atoms with van der Waals surface area (Å²) in [4.78, 5) is 16.6. The third kappa shape index (κ3) is 3.59. The van der Waals surface area contributed by atoms with Crippen LogP contribution in [0.5, 0.6) is 0 Å². The summed E-state index contributed by atoms with van der Waals surface area (Å²) in [7, 11) is 0. The van der Waals surface area contributed by atoms with Crippen LogP contribution in [0.25, 0.3) is 5.65 Å². The number of aromatic nitrogens is 4. The summed E-state index contributed by atoms with van der Waals surface area (Å²) in [6, 6.07) is 11.3. The van der Waals surface area contributed by atoms with E-state index in [0.717, 1.165) is 17.2 Å². The van der Waals surface area contributed by atoms with E-state index in [0.29, 0.717) is 12.8 Å². The first-order valence-corrected chi connectivity index (χ1v) is 8.14. The van der Waals surface area contributed by atoms with Gasteiger partial charge in [-0.25, -0.2) is 0 Å². The van der Waals surface area contributed by atoms with Crippen molar-refractivity contribution >= 4 is 11.6 Å². The van der Waals surface area contributed by atoms with Gasteiger partial charge in [-0.15, -0.1) is 10.2 Å². The second-order valence-corrected chi connectivity index (χ2v) is 6.10. The topological polar surface area (TPSA) is 72.2 Å². The summed E-state index contributed by atoms with van der Waals surface area (Å²) in [6.07, 6.45) is 4.68. The summed E-state index contributed by atoms with van der Waals surface area (Å²) < 4.78 is 1.92. The van der Waals surface area contributed by atoms with Crippen molar-refractivity contribution in [3.05, 3.63) is 60.3 Å². The summed E-state index contributed by atoms with van der Waals surface area (Å²) in [5, 5.41) is 11.5. The lowest BCUT2D eigenvalue weighted by Gasteiger charge is -2.20. The number of rotatable bonds is 6. The molecule has 0 bridgehead atoms. The molecule has 1 N–H and O–H groups in total. The highest BCUT2D eigenvalue weighted by molar-refractivity contribution is 5.76. The normalized spacial score (nSPS) is 12.5. The fraction of sp³-hybridized carbons (Fsp3) is 0.333. The average molecular weight is 323 g/mol. The smallest absolute Gasteiger partial charge is 0.220 e. The zero-order valence-corrected chi connectivity index (χ0v) is 13.9. The van der Waals surface area contributed by atoms with Crippen LogP contribution in [-0.4, -0.2) is 25.5 Å². The van der Waals surface area contributed by atoms with Gasteiger partial charge in [0.25, 0.3) is 0 Å². The van der Waals surface area contributed by atoms with Crippen molar-refractivity contribution in [2.24, 2.45) is 5.92 Å². The highest BCUT2D eigenvalue weighted by Gasteiger charge is 2.23. The fourth-order valence-electron chi connectivity index (χ4n) is 2.63. The van der Waals surface area contributed by atoms with Gasteiger partial charge in [-0.2, -0.15) is 0 Å². The lowest BCUT2D eigenvalue weighted by atomic mass is 10.0. The molecule has 0 saturated heterocycles. The molecule has 0 aliphatic heterocycles. The van der Waals surface area contributed by atoms with Gasteiger partial charge in [-0.05, 0) is 36.6 Å². The number of hydrogen-bond donors (Lipinski definition) is 1. The number of carbonyl (C=O) groups is 1. The number of carbonyl (C=O) groups excluding carboxylic acids is 1. The average Bonchev–Trinajstić information content (AvgIpc) is 3.02. The number of nitrogens with zero attached hydrogens (tertiary/aromatic N) is 4. The SMILES string of the molecule is CC(C)C(NC(=O)CCc1ccccn1)c1nnc2ccccn12. The lowest BCUT2D eigenvalue weighted by Crippen LogP contribution is -2.33. The Labute approximate surface area is 141 Å². The molecule has 6 nitrogen and oxygen atoms in total. The second kappa shape index (κ2) is 7.21. The molecule has 0 spiro atoms. The summed E-state index contributed by atoms with van der Waals surface area (Å²) in [6.45, 7) is 4.13. The van der Waals surface area contributed by atoms with E-state index in [2.05, 4.69) is 34.3 Å². The van der Waals surface area contributed by atoms with Crippen LogP contribution in [0.1, 0.15) is 37.8 Å². The highest BCUT2D eigenvalue weighted by Crippen LogP contribution is 2.21. The maximum absolute atomic E-state index is 12.4. The van der Waals surface area contributed by atoms with E-state index in [1.54, 1.807) is 6.20 Å². The van der Waals surface area contributed by atoms with Crippen LogP contribution >= 0.6 is 0 Å². The van der Waals surface area contributed by atoms with Crippen LogP contribution in [0.3, 0.4) is 0 Å². The molecule has 3 heterocycles. The van der Waals surface area contributed by atoms with Gasteiger partial charge < -0.3 is 5.32 Å². The molecule has 0 aliphatic rings. The van der Waals surface area contributed by atoms with Crippen LogP contribution in [0.15, 0.2) is 48.8 Å². The van der Waals surface area contributed by atoms with Crippen molar-refractivity contribution in [1.82, 2.24) is 24.9 Å². The molecular weight excluding hydrogens is 302 g/mol. The molecule has 0 aliphatic carbocycles. The first kappa shape index (κ1) is 16.1. The first-order chi connectivity index (χ1) is 11.6. The maximum atomic E-state index is 12.4. The maximum Gasteiger partial charge on any atom is 0.220 e. The Balaban J connectivity index is 1.71. The third-order valence-electron chi connectivity index (χ3n) is 3.94. The van der Waals surface area contributed by atoms with Gasteiger partial charge >= 0.3 is 0 Å². The van der Waals surface area contributed by atoms with Crippen molar-refractivity contribution < 1.29 is 4.79 Å². The van der Waals surface area contributed by atoms with Gasteiger partial charge in [-0.1, -0.05) is 26.0 Å². The Morgan fingerprint density at radius 3 is 2.75 bits per heavy atom. The quantitative estimate of drug-likeness (QED) is 0.757. The minimum atomic E-state index is -0.182. The number of hydrogen-bond acceptors (Lipinski definition) is 4. The molecule has 3 rings (SSSR count). The van der Waals surface area contributed by atoms with Gasteiger partial charge in [0, 0.05) is 24.5 Å². The Morgan fingerprint density at radius 2 is 2.00 bits per heavy atom. The number of fused-ring (bicyclic) bond motifs is 1. The van der Waals surface area contributed by atoms with Crippen LogP contribution < -0.4 is 5.32 Å². The molecule has 124 valence electrons. The fourth-order valence-corrected chi connectivity index (χ4v) is 2.63. The van der Waals surface area contributed by atoms with Crippen molar-refractivity contribution in [3.63, 3.8) is 0 Å². The minimum Gasteiger partial charge on any atom is -0.346 e. The van der Waals surface area contributed by atoms with E-state index in [9.17, 15) is 4.79 Å². The molecule has 3 aromatic heterocycles. The lowest BCUT2D eigenvalue weighted by molar-refractivity contribution is -0.122. The van der Waals surface area contributed by atoms with Crippen LogP contribution in [0.2, 0.25) is 0 Å². The van der Waals surface area contributed by atoms with Crippen LogP contribution in [0.4, 0.5) is 0 Å². The molecule has 1 unspecified atom stereocenters. The number of aryl methyl sites for hydroxylation is 1. The Bertz CT molecular complexity index is 812. The zero-order chi connectivity index (χ0) is 16.9. The van der Waals surface area contributed by atoms with Gasteiger partial charge in [-0.3, -0.25) is 14.2 Å². The second-order valence-electron chi connectivity index (χ2n) is 6.10. The predicted molar refractivity (Wildman–Crippen MR) is 91.3 cm³/mol. The van der Waals surface area contributed by atoms with Crippen molar-refractivity contribution in [3.8, 4) is 0 Å². The van der Waals surface area contributed by atoms with Crippen molar-refractivity contribution in [1.29, 1.82) is 0 Å². The van der Waals surface area contributed by atoms with Crippen LogP contribution in [-0.2, 0) is 11.2 Å². The molecule has 3 aromatic rings. The summed E-state index contributed by atoms with van der Waals surface area (Å²) >= 11 is 0. The summed E-state index contributed by atoms with van der Waals surface area (Å²) in [5.74, 6) is 0.954. The molecular formula is C18H21N5O. The monoisotopic (exact) mass is 323 g/mol. The largest absolute Gasteiger partial charge is 0.346 e.